The number of carbonyl (C=O) groups is 1. The van der Waals surface area contributed by atoms with E-state index < -0.39 is 0 Å². The molecule has 9 heteroatoms. The van der Waals surface area contributed by atoms with E-state index in [4.69, 9.17) is 17.3 Å². The Bertz CT molecular complexity index is 712. The van der Waals surface area contributed by atoms with Gasteiger partial charge in [0.15, 0.2) is 5.16 Å². The van der Waals surface area contributed by atoms with Crippen molar-refractivity contribution >= 4 is 40.6 Å². The minimum atomic E-state index is -0.289. The van der Waals surface area contributed by atoms with Crippen LogP contribution in [0.1, 0.15) is 6.92 Å². The number of nitrogens with one attached hydrogen (secondary N) is 2. The van der Waals surface area contributed by atoms with Gasteiger partial charge >= 0.3 is 5.69 Å². The first-order valence-electron chi connectivity index (χ1n) is 6.14. The summed E-state index contributed by atoms with van der Waals surface area (Å²) in [5.74, 6) is -0.126. The number of anilines is 2. The summed E-state index contributed by atoms with van der Waals surface area (Å²) in [6.45, 7) is 2.32. The zero-order chi connectivity index (χ0) is 15.4. The second kappa shape index (κ2) is 6.68. The third-order valence-electron chi connectivity index (χ3n) is 2.66. The molecule has 0 atom stereocenters. The maximum Gasteiger partial charge on any atom is 0.343 e. The monoisotopic (exact) mass is 327 g/mol. The number of thioether (sulfide) groups is 1. The van der Waals surface area contributed by atoms with E-state index in [1.807, 2.05) is 6.92 Å². The Morgan fingerprint density at radius 1 is 1.57 bits per heavy atom. The van der Waals surface area contributed by atoms with E-state index in [1.54, 1.807) is 18.2 Å². The average Bonchev–Trinajstić information content (AvgIpc) is 2.80. The van der Waals surface area contributed by atoms with Gasteiger partial charge in [-0.05, 0) is 25.1 Å². The molecule has 0 saturated carbocycles. The summed E-state index contributed by atoms with van der Waals surface area (Å²) in [7, 11) is 0. The van der Waals surface area contributed by atoms with Crippen LogP contribution in [0.5, 0.6) is 0 Å². The summed E-state index contributed by atoms with van der Waals surface area (Å²) in [6, 6.07) is 4.84. The second-order valence-electron chi connectivity index (χ2n) is 4.12. The molecule has 1 aromatic heterocycles. The molecular formula is C12H14ClN5O2S. The van der Waals surface area contributed by atoms with Gasteiger partial charge in [0, 0.05) is 11.6 Å². The van der Waals surface area contributed by atoms with Crippen molar-refractivity contribution in [3.8, 4) is 0 Å². The molecule has 2 rings (SSSR count). The van der Waals surface area contributed by atoms with E-state index in [1.165, 1.54) is 16.3 Å². The van der Waals surface area contributed by atoms with Gasteiger partial charge in [0.1, 0.15) is 0 Å². The van der Waals surface area contributed by atoms with E-state index in [2.05, 4.69) is 15.5 Å². The molecule has 0 fully saturated rings. The van der Waals surface area contributed by atoms with Crippen LogP contribution in [0.25, 0.3) is 0 Å². The van der Waals surface area contributed by atoms with E-state index >= 15 is 0 Å². The third-order valence-corrected chi connectivity index (χ3v) is 3.87. The summed E-state index contributed by atoms with van der Waals surface area (Å²) in [5.41, 5.74) is 6.36. The molecule has 0 aliphatic rings. The molecule has 0 aliphatic heterocycles. The summed E-state index contributed by atoms with van der Waals surface area (Å²) >= 11 is 6.96. The SMILES string of the molecule is CCn1c(SCC(=O)Nc2ccc(Cl)cc2N)n[nH]c1=O. The Labute approximate surface area is 129 Å². The van der Waals surface area contributed by atoms with Crippen molar-refractivity contribution in [1.29, 1.82) is 0 Å². The number of hydrogen-bond donors (Lipinski definition) is 3. The van der Waals surface area contributed by atoms with Gasteiger partial charge in [-0.25, -0.2) is 9.89 Å². The first-order valence-corrected chi connectivity index (χ1v) is 7.50. The maximum atomic E-state index is 11.9. The molecule has 21 heavy (non-hydrogen) atoms. The van der Waals surface area contributed by atoms with Crippen LogP contribution in [0.15, 0.2) is 28.2 Å². The number of aromatic amines is 1. The molecule has 1 amide bonds. The Kier molecular flexibility index (Phi) is 4.92. The van der Waals surface area contributed by atoms with Crippen LogP contribution in [0, 0.1) is 0 Å². The number of benzene rings is 1. The fraction of sp³-hybridized carbons (Fsp3) is 0.250. The number of aromatic nitrogens is 3. The highest BCUT2D eigenvalue weighted by atomic mass is 35.5. The van der Waals surface area contributed by atoms with Gasteiger partial charge in [-0.1, -0.05) is 23.4 Å². The van der Waals surface area contributed by atoms with Gasteiger partial charge in [-0.2, -0.15) is 0 Å². The number of hydrogen-bond acceptors (Lipinski definition) is 5. The van der Waals surface area contributed by atoms with Crippen LogP contribution in [-0.2, 0) is 11.3 Å². The first kappa shape index (κ1) is 15.5. The quantitative estimate of drug-likeness (QED) is 0.571. The number of nitrogen functional groups attached to an aromatic ring is 1. The van der Waals surface area contributed by atoms with E-state index in [0.717, 1.165) is 0 Å². The Morgan fingerprint density at radius 3 is 3.00 bits per heavy atom. The van der Waals surface area contributed by atoms with Gasteiger partial charge in [-0.15, -0.1) is 5.10 Å². The molecule has 7 nitrogen and oxygen atoms in total. The first-order chi connectivity index (χ1) is 10.0. The lowest BCUT2D eigenvalue weighted by atomic mass is 10.2. The highest BCUT2D eigenvalue weighted by Crippen LogP contribution is 2.23. The molecule has 1 heterocycles. The fourth-order valence-electron chi connectivity index (χ4n) is 1.66. The highest BCUT2D eigenvalue weighted by molar-refractivity contribution is 7.99. The molecule has 0 bridgehead atoms. The smallest absolute Gasteiger partial charge is 0.343 e. The van der Waals surface area contributed by atoms with Crippen LogP contribution in [0.2, 0.25) is 5.02 Å². The second-order valence-corrected chi connectivity index (χ2v) is 5.50. The number of carbonyl (C=O) groups excluding carboxylic acids is 1. The molecule has 0 aliphatic carbocycles. The standard InChI is InChI=1S/C12H14ClN5O2S/c1-2-18-11(20)16-17-12(18)21-6-10(19)15-9-4-3-7(13)5-8(9)14/h3-5H,2,6,14H2,1H3,(H,15,19)(H,16,20). The van der Waals surface area contributed by atoms with Crippen LogP contribution in [-0.4, -0.2) is 26.4 Å². The van der Waals surface area contributed by atoms with Gasteiger partial charge in [-0.3, -0.25) is 9.36 Å². The zero-order valence-electron chi connectivity index (χ0n) is 11.2. The molecule has 2 aromatic rings. The average molecular weight is 328 g/mol. The minimum absolute atomic E-state index is 0.117. The van der Waals surface area contributed by atoms with Gasteiger partial charge in [0.25, 0.3) is 0 Å². The van der Waals surface area contributed by atoms with E-state index in [-0.39, 0.29) is 17.3 Å². The predicted octanol–water partition coefficient (Wildman–Crippen LogP) is 1.56. The largest absolute Gasteiger partial charge is 0.397 e. The normalized spacial score (nSPS) is 10.6. The lowest BCUT2D eigenvalue weighted by Gasteiger charge is -2.08. The van der Waals surface area contributed by atoms with Gasteiger partial charge in [0.05, 0.1) is 17.1 Å². The lowest BCUT2D eigenvalue weighted by molar-refractivity contribution is -0.113. The van der Waals surface area contributed by atoms with Crippen molar-refractivity contribution in [2.75, 3.05) is 16.8 Å². The molecule has 4 N–H and O–H groups in total. The summed E-state index contributed by atoms with van der Waals surface area (Å²) in [5, 5.41) is 9.87. The summed E-state index contributed by atoms with van der Waals surface area (Å²) in [6.07, 6.45) is 0. The van der Waals surface area contributed by atoms with Crippen molar-refractivity contribution < 1.29 is 4.79 Å². The van der Waals surface area contributed by atoms with E-state index in [0.29, 0.717) is 28.1 Å². The summed E-state index contributed by atoms with van der Waals surface area (Å²) < 4.78 is 1.45. The van der Waals surface area contributed by atoms with Gasteiger partial charge in [0.2, 0.25) is 5.91 Å². The Balaban J connectivity index is 1.97. The van der Waals surface area contributed by atoms with Crippen LogP contribution < -0.4 is 16.7 Å². The number of H-pyrrole nitrogens is 1. The highest BCUT2D eigenvalue weighted by Gasteiger charge is 2.11. The summed E-state index contributed by atoms with van der Waals surface area (Å²) in [4.78, 5) is 23.3. The van der Waals surface area contributed by atoms with Crippen molar-refractivity contribution in [3.63, 3.8) is 0 Å². The van der Waals surface area contributed by atoms with Crippen LogP contribution >= 0.6 is 23.4 Å². The molecule has 0 radical (unpaired) electrons. The number of amides is 1. The van der Waals surface area contributed by atoms with Crippen LogP contribution in [0.3, 0.4) is 0 Å². The Morgan fingerprint density at radius 2 is 2.33 bits per heavy atom. The molecule has 112 valence electrons. The van der Waals surface area contributed by atoms with E-state index in [9.17, 15) is 9.59 Å². The predicted molar refractivity (Wildman–Crippen MR) is 83.7 cm³/mol. The molecule has 0 saturated heterocycles. The lowest BCUT2D eigenvalue weighted by Crippen LogP contribution is -2.18. The van der Waals surface area contributed by atoms with Crippen LogP contribution in [0.4, 0.5) is 11.4 Å². The van der Waals surface area contributed by atoms with Crippen molar-refractivity contribution in [3.05, 3.63) is 33.7 Å². The van der Waals surface area contributed by atoms with Crippen molar-refractivity contribution in [2.45, 2.75) is 18.6 Å². The topological polar surface area (TPSA) is 106 Å². The fourth-order valence-corrected chi connectivity index (χ4v) is 2.65. The van der Waals surface area contributed by atoms with Gasteiger partial charge < -0.3 is 11.1 Å². The minimum Gasteiger partial charge on any atom is -0.397 e. The number of nitrogens with zero attached hydrogens (tertiary/aromatic N) is 2. The van der Waals surface area contributed by atoms with Crippen molar-refractivity contribution in [2.24, 2.45) is 0 Å². The number of rotatable bonds is 5. The molecular weight excluding hydrogens is 314 g/mol. The molecule has 0 unspecified atom stereocenters. The molecule has 1 aromatic carbocycles. The Hall–Kier alpha value is -1.93. The maximum absolute atomic E-state index is 11.9. The zero-order valence-corrected chi connectivity index (χ0v) is 12.8. The third kappa shape index (κ3) is 3.79. The van der Waals surface area contributed by atoms with Crippen molar-refractivity contribution in [1.82, 2.24) is 14.8 Å². The number of halogens is 1. The molecule has 0 spiro atoms. The number of nitrogens with two attached hydrogens (primary N) is 1.